The van der Waals surface area contributed by atoms with Crippen LogP contribution in [0.25, 0.3) is 0 Å². The second-order valence-corrected chi connectivity index (χ2v) is 9.88. The number of aryl methyl sites for hydroxylation is 3. The van der Waals surface area contributed by atoms with Crippen molar-refractivity contribution in [3.63, 3.8) is 0 Å². The number of piperazine rings is 1. The maximum atomic E-state index is 13.6. The Balaban J connectivity index is 1.86. The number of benzene rings is 2. The molecule has 7 heteroatoms. The topological polar surface area (TPSA) is 69.7 Å². The third-order valence-electron chi connectivity index (χ3n) is 5.45. The van der Waals surface area contributed by atoms with E-state index in [0.717, 1.165) is 29.8 Å². The first-order valence-electron chi connectivity index (χ1n) is 10.4. The van der Waals surface area contributed by atoms with Gasteiger partial charge in [-0.05, 0) is 43.5 Å². The summed E-state index contributed by atoms with van der Waals surface area (Å²) in [5.74, 6) is 0.00177. The van der Waals surface area contributed by atoms with Crippen LogP contribution in [0.3, 0.4) is 0 Å². The maximum absolute atomic E-state index is 13.6. The van der Waals surface area contributed by atoms with Crippen LogP contribution in [0.5, 0.6) is 0 Å². The van der Waals surface area contributed by atoms with Gasteiger partial charge in [0.05, 0.1) is 4.90 Å². The number of nitrogens with zero attached hydrogens (tertiary/aromatic N) is 2. The predicted octanol–water partition coefficient (Wildman–Crippen LogP) is 2.62. The van der Waals surface area contributed by atoms with Gasteiger partial charge in [0, 0.05) is 45.7 Å². The minimum absolute atomic E-state index is 0.00177. The zero-order valence-corrected chi connectivity index (χ0v) is 18.8. The Morgan fingerprint density at radius 3 is 2.43 bits per heavy atom. The molecule has 2 aromatic carbocycles. The molecule has 1 fully saturated rings. The molecule has 0 unspecified atom stereocenters. The summed E-state index contributed by atoms with van der Waals surface area (Å²) in [6, 6.07) is 13.3. The molecule has 0 spiro atoms. The molecule has 1 aliphatic rings. The lowest BCUT2D eigenvalue weighted by Crippen LogP contribution is -2.47. The molecule has 1 heterocycles. The maximum Gasteiger partial charge on any atom is 0.243 e. The van der Waals surface area contributed by atoms with Crippen LogP contribution < -0.4 is 5.32 Å². The summed E-state index contributed by atoms with van der Waals surface area (Å²) in [6.45, 7) is 8.97. The molecular weight excluding hydrogens is 398 g/mol. The van der Waals surface area contributed by atoms with Crippen molar-refractivity contribution in [1.82, 2.24) is 14.5 Å². The van der Waals surface area contributed by atoms with Crippen LogP contribution in [0.1, 0.15) is 28.7 Å². The summed E-state index contributed by atoms with van der Waals surface area (Å²) in [6.07, 6.45) is 0.176. The van der Waals surface area contributed by atoms with E-state index < -0.39 is 10.0 Å². The molecule has 1 aliphatic heterocycles. The Bertz CT molecular complexity index is 999. The Hall–Kier alpha value is -2.22. The van der Waals surface area contributed by atoms with E-state index >= 15 is 0 Å². The minimum Gasteiger partial charge on any atom is -0.340 e. The molecule has 0 atom stereocenters. The van der Waals surface area contributed by atoms with Crippen molar-refractivity contribution in [1.29, 1.82) is 0 Å². The van der Waals surface area contributed by atoms with E-state index in [9.17, 15) is 13.2 Å². The Labute approximate surface area is 179 Å². The molecule has 2 aromatic rings. The van der Waals surface area contributed by atoms with Gasteiger partial charge in [-0.25, -0.2) is 8.42 Å². The normalized spacial score (nSPS) is 14.9. The van der Waals surface area contributed by atoms with Gasteiger partial charge in [0.2, 0.25) is 15.9 Å². The first-order valence-corrected chi connectivity index (χ1v) is 11.8. The van der Waals surface area contributed by atoms with Crippen molar-refractivity contribution in [3.8, 4) is 0 Å². The third kappa shape index (κ3) is 5.47. The van der Waals surface area contributed by atoms with Gasteiger partial charge in [-0.2, -0.15) is 4.31 Å². The molecule has 0 bridgehead atoms. The number of amides is 1. The molecule has 1 saturated heterocycles. The molecule has 0 aromatic heterocycles. The van der Waals surface area contributed by atoms with Gasteiger partial charge in [-0.3, -0.25) is 4.79 Å². The van der Waals surface area contributed by atoms with Crippen LogP contribution >= 0.6 is 0 Å². The lowest BCUT2D eigenvalue weighted by molar-refractivity contribution is -0.131. The smallest absolute Gasteiger partial charge is 0.243 e. The van der Waals surface area contributed by atoms with Crippen LogP contribution in [0, 0.1) is 20.8 Å². The first kappa shape index (κ1) is 22.5. The number of hydrogen-bond donors (Lipinski definition) is 1. The molecule has 6 nitrogen and oxygen atoms in total. The Kier molecular flexibility index (Phi) is 7.28. The van der Waals surface area contributed by atoms with Crippen molar-refractivity contribution in [2.75, 3.05) is 32.7 Å². The molecule has 1 amide bonds. The molecule has 3 rings (SSSR count). The molecule has 0 radical (unpaired) electrons. The summed E-state index contributed by atoms with van der Waals surface area (Å²) in [4.78, 5) is 14.8. The van der Waals surface area contributed by atoms with E-state index in [0.29, 0.717) is 23.5 Å². The highest BCUT2D eigenvalue weighted by atomic mass is 32.2. The average Bonchev–Trinajstić information content (AvgIpc) is 2.73. The Morgan fingerprint density at radius 2 is 1.73 bits per heavy atom. The lowest BCUT2D eigenvalue weighted by atomic mass is 10.1. The van der Waals surface area contributed by atoms with E-state index in [-0.39, 0.29) is 25.4 Å². The van der Waals surface area contributed by atoms with Gasteiger partial charge in [-0.15, -0.1) is 0 Å². The number of carbonyl (C=O) groups is 1. The van der Waals surface area contributed by atoms with E-state index in [1.807, 2.05) is 62.1 Å². The Morgan fingerprint density at radius 1 is 1.03 bits per heavy atom. The zero-order chi connectivity index (χ0) is 21.7. The van der Waals surface area contributed by atoms with Crippen LogP contribution in [-0.4, -0.2) is 56.3 Å². The number of sulfonamides is 1. The molecule has 30 heavy (non-hydrogen) atoms. The van der Waals surface area contributed by atoms with E-state index in [4.69, 9.17) is 0 Å². The van der Waals surface area contributed by atoms with Crippen LogP contribution in [-0.2, 0) is 21.4 Å². The third-order valence-corrected chi connectivity index (χ3v) is 7.43. The average molecular weight is 430 g/mol. The summed E-state index contributed by atoms with van der Waals surface area (Å²) in [5.41, 5.74) is 3.60. The zero-order valence-electron chi connectivity index (χ0n) is 18.0. The molecule has 162 valence electrons. The number of hydrogen-bond acceptors (Lipinski definition) is 4. The van der Waals surface area contributed by atoms with Crippen molar-refractivity contribution in [2.45, 2.75) is 38.6 Å². The van der Waals surface area contributed by atoms with Gasteiger partial charge in [0.1, 0.15) is 0 Å². The number of nitrogens with one attached hydrogen (secondary N) is 1. The fourth-order valence-corrected chi connectivity index (χ4v) is 5.45. The second-order valence-electron chi connectivity index (χ2n) is 7.98. The monoisotopic (exact) mass is 429 g/mol. The molecule has 0 aliphatic carbocycles. The minimum atomic E-state index is -3.74. The first-order chi connectivity index (χ1) is 14.3. The van der Waals surface area contributed by atoms with Gasteiger partial charge in [0.25, 0.3) is 0 Å². The fraction of sp³-hybridized carbons (Fsp3) is 0.435. The highest BCUT2D eigenvalue weighted by molar-refractivity contribution is 7.89. The molecule has 1 N–H and O–H groups in total. The largest absolute Gasteiger partial charge is 0.340 e. The summed E-state index contributed by atoms with van der Waals surface area (Å²) < 4.78 is 28.6. The van der Waals surface area contributed by atoms with Crippen molar-refractivity contribution < 1.29 is 13.2 Å². The number of carbonyl (C=O) groups excluding carboxylic acids is 1. The predicted molar refractivity (Wildman–Crippen MR) is 119 cm³/mol. The van der Waals surface area contributed by atoms with Crippen LogP contribution in [0.2, 0.25) is 0 Å². The lowest BCUT2D eigenvalue weighted by Gasteiger charge is -2.29. The molecular formula is C23H31N3O3S. The summed E-state index contributed by atoms with van der Waals surface area (Å²) in [7, 11) is -3.74. The van der Waals surface area contributed by atoms with Crippen molar-refractivity contribution >= 4 is 15.9 Å². The van der Waals surface area contributed by atoms with E-state index in [1.165, 1.54) is 4.31 Å². The summed E-state index contributed by atoms with van der Waals surface area (Å²) in [5, 5.41) is 3.23. The van der Waals surface area contributed by atoms with Crippen LogP contribution in [0.4, 0.5) is 0 Å². The highest BCUT2D eigenvalue weighted by Crippen LogP contribution is 2.24. The van der Waals surface area contributed by atoms with Gasteiger partial charge in [-0.1, -0.05) is 42.0 Å². The molecule has 0 saturated carbocycles. The van der Waals surface area contributed by atoms with Crippen molar-refractivity contribution in [2.24, 2.45) is 0 Å². The quantitative estimate of drug-likeness (QED) is 0.735. The highest BCUT2D eigenvalue weighted by Gasteiger charge is 2.28. The van der Waals surface area contributed by atoms with E-state index in [1.54, 1.807) is 6.07 Å². The second kappa shape index (κ2) is 9.73. The van der Waals surface area contributed by atoms with Gasteiger partial charge >= 0.3 is 0 Å². The standard InChI is InChI=1S/C23H31N3O3S/c1-18-5-4-6-21(15-18)17-26(12-9-23(27)25-13-10-24-11-14-25)30(28,29)22-16-19(2)7-8-20(22)3/h4-8,15-16,24H,9-14,17H2,1-3H3. The van der Waals surface area contributed by atoms with E-state index in [2.05, 4.69) is 5.32 Å². The van der Waals surface area contributed by atoms with Gasteiger partial charge < -0.3 is 10.2 Å². The number of rotatable bonds is 7. The van der Waals surface area contributed by atoms with Crippen LogP contribution in [0.15, 0.2) is 47.4 Å². The van der Waals surface area contributed by atoms with Gasteiger partial charge in [0.15, 0.2) is 0 Å². The fourth-order valence-electron chi connectivity index (χ4n) is 3.72. The SMILES string of the molecule is Cc1cccc(CN(CCC(=O)N2CCNCC2)S(=O)(=O)c2cc(C)ccc2C)c1. The van der Waals surface area contributed by atoms with Crippen molar-refractivity contribution in [3.05, 3.63) is 64.7 Å². The summed E-state index contributed by atoms with van der Waals surface area (Å²) >= 11 is 0.